The second-order valence-electron chi connectivity index (χ2n) is 7.49. The lowest BCUT2D eigenvalue weighted by molar-refractivity contribution is 0.00578. The highest BCUT2D eigenvalue weighted by atomic mass is 16.7. The Kier molecular flexibility index (Phi) is 4.96. The molecule has 2 aromatic rings. The van der Waals surface area contributed by atoms with E-state index in [0.717, 1.165) is 29.6 Å². The molecule has 1 N–H and O–H groups in total. The van der Waals surface area contributed by atoms with E-state index in [1.54, 1.807) is 0 Å². The molecule has 132 valence electrons. The summed E-state index contributed by atoms with van der Waals surface area (Å²) >= 11 is 0. The molecule has 1 aliphatic heterocycles. The molecular formula is C19H25BN2O3. The zero-order valence-corrected chi connectivity index (χ0v) is 15.3. The molecule has 0 spiro atoms. The van der Waals surface area contributed by atoms with Crippen molar-refractivity contribution in [2.75, 3.05) is 0 Å². The fourth-order valence-corrected chi connectivity index (χ4v) is 2.67. The Balaban J connectivity index is 1.61. The van der Waals surface area contributed by atoms with Crippen molar-refractivity contribution < 1.29 is 14.4 Å². The van der Waals surface area contributed by atoms with Crippen LogP contribution in [0.5, 0.6) is 0 Å². The normalized spacial score (nSPS) is 18.5. The monoisotopic (exact) mass is 340 g/mol. The third-order valence-electron chi connectivity index (χ3n) is 5.09. The maximum Gasteiger partial charge on any atom is 0.496 e. The van der Waals surface area contributed by atoms with Gasteiger partial charge in [0.25, 0.3) is 0 Å². The van der Waals surface area contributed by atoms with Gasteiger partial charge in [0.15, 0.2) is 0 Å². The van der Waals surface area contributed by atoms with Crippen LogP contribution in [0.25, 0.3) is 0 Å². The van der Waals surface area contributed by atoms with Crippen LogP contribution in [0.1, 0.15) is 44.6 Å². The molecule has 0 bridgehead atoms. The van der Waals surface area contributed by atoms with Crippen molar-refractivity contribution in [3.8, 4) is 0 Å². The lowest BCUT2D eigenvalue weighted by atomic mass is 9.80. The maximum absolute atomic E-state index is 9.02. The van der Waals surface area contributed by atoms with E-state index in [4.69, 9.17) is 14.4 Å². The van der Waals surface area contributed by atoms with Gasteiger partial charge in [-0.15, -0.1) is 0 Å². The first-order chi connectivity index (χ1) is 11.8. The number of hydrogen-bond donors (Lipinski definition) is 1. The Morgan fingerprint density at radius 3 is 2.04 bits per heavy atom. The number of nitrogens with zero attached hydrogens (tertiary/aromatic N) is 2. The summed E-state index contributed by atoms with van der Waals surface area (Å²) in [6.45, 7) is 8.16. The number of aryl methyl sites for hydroxylation is 2. The minimum absolute atomic E-state index is 0.0256. The summed E-state index contributed by atoms with van der Waals surface area (Å²) in [7, 11) is -0.373. The maximum atomic E-state index is 9.02. The van der Waals surface area contributed by atoms with Gasteiger partial charge >= 0.3 is 7.12 Å². The molecule has 6 heteroatoms. The fraction of sp³-hybridized carbons (Fsp3) is 0.474. The van der Waals surface area contributed by atoms with E-state index in [-0.39, 0.29) is 24.9 Å². The van der Waals surface area contributed by atoms with E-state index < -0.39 is 0 Å². The summed E-state index contributed by atoms with van der Waals surface area (Å²) in [5.41, 5.74) is 3.10. The van der Waals surface area contributed by atoms with Gasteiger partial charge in [-0.2, -0.15) is 0 Å². The van der Waals surface area contributed by atoms with Crippen LogP contribution in [0, 0.1) is 0 Å². The largest absolute Gasteiger partial charge is 0.496 e. The van der Waals surface area contributed by atoms with Crippen molar-refractivity contribution in [1.82, 2.24) is 9.97 Å². The van der Waals surface area contributed by atoms with Crippen LogP contribution >= 0.6 is 0 Å². The van der Waals surface area contributed by atoms with Crippen molar-refractivity contribution in [3.05, 3.63) is 53.6 Å². The standard InChI is InChI=1S/C19H25BN2O3/c1-18(2)19(3,4)25-20(24-18)15-7-10-16(22-12-15)8-5-14-6-9-17(13-23)21-11-14/h6-7,9-12,23H,5,8,13H2,1-4H3. The van der Waals surface area contributed by atoms with E-state index in [1.807, 2.05) is 64.4 Å². The first-order valence-electron chi connectivity index (χ1n) is 8.66. The van der Waals surface area contributed by atoms with E-state index in [2.05, 4.69) is 9.97 Å². The number of pyridine rings is 2. The highest BCUT2D eigenvalue weighted by Crippen LogP contribution is 2.36. The van der Waals surface area contributed by atoms with Crippen LogP contribution < -0.4 is 5.46 Å². The molecule has 0 aliphatic carbocycles. The molecule has 0 aromatic carbocycles. The topological polar surface area (TPSA) is 64.5 Å². The van der Waals surface area contributed by atoms with Crippen LogP contribution in [-0.2, 0) is 28.8 Å². The van der Waals surface area contributed by atoms with E-state index in [0.29, 0.717) is 5.69 Å². The Labute approximate surface area is 149 Å². The predicted octanol–water partition coefficient (Wildman–Crippen LogP) is 2.05. The van der Waals surface area contributed by atoms with Gasteiger partial charge in [0.1, 0.15) is 0 Å². The van der Waals surface area contributed by atoms with Gasteiger partial charge in [0, 0.05) is 23.6 Å². The van der Waals surface area contributed by atoms with Gasteiger partial charge in [-0.1, -0.05) is 12.1 Å². The average molecular weight is 340 g/mol. The van der Waals surface area contributed by atoms with Crippen molar-refractivity contribution in [3.63, 3.8) is 0 Å². The minimum Gasteiger partial charge on any atom is -0.399 e. The van der Waals surface area contributed by atoms with Crippen molar-refractivity contribution in [1.29, 1.82) is 0 Å². The lowest BCUT2D eigenvalue weighted by Gasteiger charge is -2.32. The van der Waals surface area contributed by atoms with Crippen molar-refractivity contribution in [2.24, 2.45) is 0 Å². The summed E-state index contributed by atoms with van der Waals surface area (Å²) < 4.78 is 12.1. The smallest absolute Gasteiger partial charge is 0.399 e. The van der Waals surface area contributed by atoms with Gasteiger partial charge < -0.3 is 14.4 Å². The first kappa shape index (κ1) is 18.0. The Morgan fingerprint density at radius 1 is 0.880 bits per heavy atom. The Bertz CT molecular complexity index is 698. The van der Waals surface area contributed by atoms with Crippen molar-refractivity contribution in [2.45, 2.75) is 58.3 Å². The van der Waals surface area contributed by atoms with Crippen molar-refractivity contribution >= 4 is 12.6 Å². The second kappa shape index (κ2) is 6.86. The highest BCUT2D eigenvalue weighted by Gasteiger charge is 2.51. The molecule has 0 saturated carbocycles. The highest BCUT2D eigenvalue weighted by molar-refractivity contribution is 6.62. The van der Waals surface area contributed by atoms with Gasteiger partial charge in [0.05, 0.1) is 23.5 Å². The van der Waals surface area contributed by atoms with E-state index in [9.17, 15) is 0 Å². The molecule has 1 saturated heterocycles. The van der Waals surface area contributed by atoms with Crippen LogP contribution in [-0.4, -0.2) is 33.4 Å². The average Bonchev–Trinajstić information content (AvgIpc) is 2.82. The van der Waals surface area contributed by atoms with Gasteiger partial charge in [-0.3, -0.25) is 9.97 Å². The molecule has 0 unspecified atom stereocenters. The molecule has 0 amide bonds. The first-order valence-corrected chi connectivity index (χ1v) is 8.66. The van der Waals surface area contributed by atoms with Crippen LogP contribution in [0.4, 0.5) is 0 Å². The molecule has 3 heterocycles. The molecule has 5 nitrogen and oxygen atoms in total. The number of hydrogen-bond acceptors (Lipinski definition) is 5. The zero-order valence-electron chi connectivity index (χ0n) is 15.3. The number of aromatic nitrogens is 2. The number of rotatable bonds is 5. The van der Waals surface area contributed by atoms with E-state index >= 15 is 0 Å². The zero-order chi connectivity index (χ0) is 18.1. The second-order valence-corrected chi connectivity index (χ2v) is 7.49. The number of aliphatic hydroxyl groups excluding tert-OH is 1. The Morgan fingerprint density at radius 2 is 1.52 bits per heavy atom. The van der Waals surface area contributed by atoms with Gasteiger partial charge in [-0.05, 0) is 58.2 Å². The SMILES string of the molecule is CC1(C)OB(c2ccc(CCc3ccc(CO)nc3)nc2)OC1(C)C. The third-order valence-corrected chi connectivity index (χ3v) is 5.09. The number of aliphatic hydroxyl groups is 1. The van der Waals surface area contributed by atoms with Gasteiger partial charge in [-0.25, -0.2) is 0 Å². The van der Waals surface area contributed by atoms with E-state index in [1.165, 1.54) is 0 Å². The summed E-state index contributed by atoms with van der Waals surface area (Å²) in [4.78, 5) is 8.75. The lowest BCUT2D eigenvalue weighted by Crippen LogP contribution is -2.41. The molecule has 2 aromatic heterocycles. The summed E-state index contributed by atoms with van der Waals surface area (Å²) in [5, 5.41) is 9.02. The molecule has 1 fully saturated rings. The van der Waals surface area contributed by atoms with Crippen LogP contribution in [0.15, 0.2) is 36.7 Å². The predicted molar refractivity (Wildman–Crippen MR) is 97.5 cm³/mol. The van der Waals surface area contributed by atoms with Crippen LogP contribution in [0.3, 0.4) is 0 Å². The Hall–Kier alpha value is -1.76. The molecule has 0 atom stereocenters. The molecule has 25 heavy (non-hydrogen) atoms. The van der Waals surface area contributed by atoms with Crippen LogP contribution in [0.2, 0.25) is 0 Å². The quantitative estimate of drug-likeness (QED) is 0.844. The summed E-state index contributed by atoms with van der Waals surface area (Å²) in [5.74, 6) is 0. The molecule has 0 radical (unpaired) electrons. The van der Waals surface area contributed by atoms with Gasteiger partial charge in [0.2, 0.25) is 0 Å². The summed E-state index contributed by atoms with van der Waals surface area (Å²) in [6.07, 6.45) is 5.35. The molecule has 1 aliphatic rings. The molecule has 3 rings (SSSR count). The third kappa shape index (κ3) is 3.92. The fourth-order valence-electron chi connectivity index (χ4n) is 2.67. The minimum atomic E-state index is -0.373. The summed E-state index contributed by atoms with van der Waals surface area (Å²) in [6, 6.07) is 7.90. The molecular weight excluding hydrogens is 315 g/mol.